The number of fused-ring (bicyclic) bond motifs is 6. The van der Waals surface area contributed by atoms with Crippen molar-refractivity contribution in [3.8, 4) is 45.3 Å². The Hall–Kier alpha value is -7.09. The lowest BCUT2D eigenvalue weighted by Gasteiger charge is -2.17. The Balaban J connectivity index is 1.15. The third kappa shape index (κ3) is 5.64. The molecule has 2 N–H and O–H groups in total. The van der Waals surface area contributed by atoms with Gasteiger partial charge in [-0.05, 0) is 69.9 Å². The average Bonchev–Trinajstić information content (AvgIpc) is 3.63. The predicted molar refractivity (Wildman–Crippen MR) is 225 cm³/mol. The molecule has 10 rings (SSSR count). The van der Waals surface area contributed by atoms with Crippen molar-refractivity contribution in [3.05, 3.63) is 175 Å². The van der Waals surface area contributed by atoms with E-state index in [4.69, 9.17) is 15.0 Å². The quantitative estimate of drug-likeness (QED) is 0.168. The maximum absolute atomic E-state index is 9.30. The summed E-state index contributed by atoms with van der Waals surface area (Å²) in [5, 5.41) is 18.2. The molecule has 0 saturated heterocycles. The van der Waals surface area contributed by atoms with Crippen LogP contribution >= 0.6 is 11.3 Å². The first kappa shape index (κ1) is 31.6. The molecule has 0 saturated carbocycles. The number of thiophene rings is 1. The first-order valence-electron chi connectivity index (χ1n) is 17.7. The Morgan fingerprint density at radius 1 is 0.519 bits per heavy atom. The minimum absolute atomic E-state index is 0.351. The molecular weight excluding hydrogens is 681 g/mol. The highest BCUT2D eigenvalue weighted by Gasteiger charge is 2.21. The number of allylic oxidation sites excluding steroid dienone is 1. The molecule has 0 amide bonds. The van der Waals surface area contributed by atoms with E-state index in [0.29, 0.717) is 28.9 Å². The smallest absolute Gasteiger partial charge is 0.164 e. The zero-order valence-electron chi connectivity index (χ0n) is 28.9. The van der Waals surface area contributed by atoms with E-state index in [0.717, 1.165) is 60.8 Å². The highest BCUT2D eigenvalue weighted by molar-refractivity contribution is 7.25. The van der Waals surface area contributed by atoms with Gasteiger partial charge in [-0.15, -0.1) is 11.3 Å². The molecule has 1 aliphatic rings. The van der Waals surface area contributed by atoms with Crippen LogP contribution < -0.4 is 5.43 Å². The highest BCUT2D eigenvalue weighted by Crippen LogP contribution is 2.40. The van der Waals surface area contributed by atoms with Crippen LogP contribution in [0.4, 0.5) is 5.69 Å². The van der Waals surface area contributed by atoms with Crippen LogP contribution in [0.2, 0.25) is 0 Å². The lowest BCUT2D eigenvalue weighted by molar-refractivity contribution is 1.08. The minimum atomic E-state index is 0.351. The standard InChI is InChI=1S/C47H30N6S/c48-44-39(53-52-35-15-5-2-6-16-35)26-25-31-23-21-30-22-24-34(28-38(30)42(31)44)46-49-45(33-14-9-13-32(27-33)29-11-3-1-4-12-29)50-47(51-46)37-18-10-20-41-43(37)36-17-7-8-19-40(36)54-41/h1-28,48,52H/b48-44?,53-39-. The summed E-state index contributed by atoms with van der Waals surface area (Å²) in [6.07, 6.45) is 3.91. The highest BCUT2D eigenvalue weighted by atomic mass is 32.1. The number of benzene rings is 7. The van der Waals surface area contributed by atoms with Crippen molar-refractivity contribution in [2.75, 3.05) is 5.43 Å². The number of nitrogens with one attached hydrogen (secondary N) is 2. The lowest BCUT2D eigenvalue weighted by atomic mass is 9.88. The van der Waals surface area contributed by atoms with Crippen LogP contribution in [0.25, 0.3) is 82.3 Å². The van der Waals surface area contributed by atoms with Gasteiger partial charge in [-0.2, -0.15) is 5.10 Å². The maximum Gasteiger partial charge on any atom is 0.164 e. The predicted octanol–water partition coefficient (Wildman–Crippen LogP) is 11.9. The molecule has 6 nitrogen and oxygen atoms in total. The van der Waals surface area contributed by atoms with E-state index in [9.17, 15) is 5.41 Å². The van der Waals surface area contributed by atoms with E-state index in [2.05, 4.69) is 132 Å². The number of hydrogen-bond donors (Lipinski definition) is 2. The van der Waals surface area contributed by atoms with Crippen LogP contribution in [0.1, 0.15) is 11.1 Å². The van der Waals surface area contributed by atoms with Gasteiger partial charge in [-0.1, -0.05) is 127 Å². The van der Waals surface area contributed by atoms with E-state index >= 15 is 0 Å². The van der Waals surface area contributed by atoms with Gasteiger partial charge in [0.15, 0.2) is 17.5 Å². The van der Waals surface area contributed by atoms with Gasteiger partial charge in [-0.3, -0.25) is 10.8 Å². The molecule has 0 atom stereocenters. The topological polar surface area (TPSA) is 86.9 Å². The normalized spacial score (nSPS) is 13.2. The summed E-state index contributed by atoms with van der Waals surface area (Å²) >= 11 is 1.78. The minimum Gasteiger partial charge on any atom is -0.298 e. The molecule has 254 valence electrons. The Morgan fingerprint density at radius 3 is 2.04 bits per heavy atom. The van der Waals surface area contributed by atoms with Gasteiger partial charge >= 0.3 is 0 Å². The second kappa shape index (κ2) is 13.2. The molecule has 2 heterocycles. The second-order valence-electron chi connectivity index (χ2n) is 13.2. The SMILES string of the molecule is N=C1/C(=N\Nc2ccccc2)C=Cc2ccc3ccc(-c4nc(-c5cccc(-c6ccccc6)c5)nc(-c5cccc6sc7ccccc7c56)n4)cc3c21. The first-order valence-corrected chi connectivity index (χ1v) is 18.5. The summed E-state index contributed by atoms with van der Waals surface area (Å²) in [5.74, 6) is 1.77. The molecule has 0 fully saturated rings. The van der Waals surface area contributed by atoms with Crippen molar-refractivity contribution in [2.45, 2.75) is 0 Å². The van der Waals surface area contributed by atoms with Crippen molar-refractivity contribution in [3.63, 3.8) is 0 Å². The van der Waals surface area contributed by atoms with Crippen LogP contribution in [-0.2, 0) is 0 Å². The fraction of sp³-hybridized carbons (Fsp3) is 0. The number of hydrogen-bond acceptors (Lipinski definition) is 7. The van der Waals surface area contributed by atoms with Crippen LogP contribution in [0.15, 0.2) is 169 Å². The Bertz CT molecular complexity index is 2980. The number of hydrazone groups is 1. The van der Waals surface area contributed by atoms with Gasteiger partial charge in [0, 0.05) is 42.4 Å². The molecule has 0 spiro atoms. The molecule has 7 aromatic carbocycles. The van der Waals surface area contributed by atoms with Gasteiger partial charge in [0.25, 0.3) is 0 Å². The zero-order valence-corrected chi connectivity index (χ0v) is 29.7. The number of aromatic nitrogens is 3. The van der Waals surface area contributed by atoms with Crippen molar-refractivity contribution >= 4 is 65.5 Å². The lowest BCUT2D eigenvalue weighted by Crippen LogP contribution is -2.18. The van der Waals surface area contributed by atoms with Crippen LogP contribution in [0.5, 0.6) is 0 Å². The molecule has 2 aromatic heterocycles. The maximum atomic E-state index is 9.30. The number of anilines is 1. The second-order valence-corrected chi connectivity index (χ2v) is 14.3. The molecule has 0 aliphatic heterocycles. The van der Waals surface area contributed by atoms with Gasteiger partial charge in [-0.25, -0.2) is 15.0 Å². The molecule has 7 heteroatoms. The molecule has 54 heavy (non-hydrogen) atoms. The molecule has 0 radical (unpaired) electrons. The Kier molecular flexibility index (Phi) is 7.70. The van der Waals surface area contributed by atoms with Gasteiger partial charge in [0.1, 0.15) is 5.71 Å². The monoisotopic (exact) mass is 710 g/mol. The Labute approximate surface area is 315 Å². The van der Waals surface area contributed by atoms with Crippen molar-refractivity contribution in [2.24, 2.45) is 5.10 Å². The summed E-state index contributed by atoms with van der Waals surface area (Å²) < 4.78 is 2.41. The summed E-state index contributed by atoms with van der Waals surface area (Å²) in [6, 6.07) is 53.8. The number of para-hydroxylation sites is 1. The van der Waals surface area contributed by atoms with Crippen LogP contribution in [-0.4, -0.2) is 26.4 Å². The van der Waals surface area contributed by atoms with Gasteiger partial charge in [0.2, 0.25) is 0 Å². The van der Waals surface area contributed by atoms with Gasteiger partial charge in [0.05, 0.1) is 11.4 Å². The van der Waals surface area contributed by atoms with Crippen LogP contribution in [0.3, 0.4) is 0 Å². The largest absolute Gasteiger partial charge is 0.298 e. The Morgan fingerprint density at radius 2 is 1.19 bits per heavy atom. The van der Waals surface area contributed by atoms with E-state index in [-0.39, 0.29) is 0 Å². The third-order valence-electron chi connectivity index (χ3n) is 9.82. The summed E-state index contributed by atoms with van der Waals surface area (Å²) in [7, 11) is 0. The zero-order chi connectivity index (χ0) is 36.0. The van der Waals surface area contributed by atoms with Crippen LogP contribution in [0, 0.1) is 5.41 Å². The summed E-state index contributed by atoms with van der Waals surface area (Å²) in [4.78, 5) is 15.6. The molecular formula is C47H30N6S. The summed E-state index contributed by atoms with van der Waals surface area (Å²) in [5.41, 5.74) is 11.6. The third-order valence-corrected chi connectivity index (χ3v) is 11.0. The van der Waals surface area contributed by atoms with E-state index in [1.807, 2.05) is 48.6 Å². The molecule has 0 bridgehead atoms. The van der Waals surface area contributed by atoms with E-state index < -0.39 is 0 Å². The van der Waals surface area contributed by atoms with Crippen molar-refractivity contribution in [1.82, 2.24) is 15.0 Å². The van der Waals surface area contributed by atoms with Crippen molar-refractivity contribution in [1.29, 1.82) is 5.41 Å². The molecule has 0 unspecified atom stereocenters. The molecule has 1 aliphatic carbocycles. The fourth-order valence-electron chi connectivity index (χ4n) is 7.19. The van der Waals surface area contributed by atoms with Gasteiger partial charge < -0.3 is 0 Å². The first-order chi connectivity index (χ1) is 26.7. The van der Waals surface area contributed by atoms with Crippen molar-refractivity contribution < 1.29 is 0 Å². The van der Waals surface area contributed by atoms with E-state index in [1.165, 1.54) is 14.8 Å². The number of nitrogens with zero attached hydrogens (tertiary/aromatic N) is 4. The number of rotatable bonds is 6. The average molecular weight is 711 g/mol. The molecule has 9 aromatic rings. The van der Waals surface area contributed by atoms with E-state index in [1.54, 1.807) is 11.3 Å². The fourth-order valence-corrected chi connectivity index (χ4v) is 8.32. The summed E-state index contributed by atoms with van der Waals surface area (Å²) in [6.45, 7) is 0.